The normalized spacial score (nSPS) is 29.5. The van der Waals surface area contributed by atoms with E-state index in [1.807, 2.05) is 0 Å². The van der Waals surface area contributed by atoms with E-state index in [0.29, 0.717) is 11.8 Å². The van der Waals surface area contributed by atoms with Crippen molar-refractivity contribution in [2.75, 3.05) is 6.61 Å². The number of non-ortho nitro benzene ring substituents is 1. The van der Waals surface area contributed by atoms with Crippen LogP contribution in [0, 0.1) is 33.7 Å². The molecule has 0 aliphatic heterocycles. The van der Waals surface area contributed by atoms with Gasteiger partial charge in [0.05, 0.1) is 16.6 Å². The number of fused-ring (bicyclic) bond motifs is 2. The van der Waals surface area contributed by atoms with Crippen molar-refractivity contribution < 1.29 is 19.2 Å². The lowest BCUT2D eigenvalue weighted by molar-refractivity contribution is -0.385. The second-order valence-corrected chi connectivity index (χ2v) is 6.10. The van der Waals surface area contributed by atoms with Gasteiger partial charge in [-0.2, -0.15) is 0 Å². The summed E-state index contributed by atoms with van der Waals surface area (Å²) in [6.07, 6.45) is 3.06. The Labute approximate surface area is 126 Å². The monoisotopic (exact) mass is 308 g/mol. The van der Waals surface area contributed by atoms with Gasteiger partial charge in [-0.3, -0.25) is 14.9 Å². The van der Waals surface area contributed by atoms with Crippen molar-refractivity contribution in [2.24, 2.45) is 17.8 Å². The number of nitrogens with zero attached hydrogens (tertiary/aromatic N) is 1. The Morgan fingerprint density at radius 1 is 1.41 bits per heavy atom. The van der Waals surface area contributed by atoms with Gasteiger partial charge in [-0.05, 0) is 37.2 Å². The van der Waals surface area contributed by atoms with Gasteiger partial charge in [0.1, 0.15) is 5.82 Å². The summed E-state index contributed by atoms with van der Waals surface area (Å²) in [5.74, 6) is -0.725. The molecule has 22 heavy (non-hydrogen) atoms. The topological polar surface area (TPSA) is 92.5 Å². The van der Waals surface area contributed by atoms with Crippen molar-refractivity contribution in [1.29, 1.82) is 0 Å². The molecule has 0 heterocycles. The number of hydrogen-bond donors (Lipinski definition) is 2. The lowest BCUT2D eigenvalue weighted by Gasteiger charge is -2.30. The van der Waals surface area contributed by atoms with Crippen LogP contribution in [-0.2, 0) is 0 Å². The molecule has 1 aromatic carbocycles. The molecule has 0 saturated heterocycles. The quantitative estimate of drug-likeness (QED) is 0.656. The zero-order chi connectivity index (χ0) is 15.9. The van der Waals surface area contributed by atoms with E-state index in [9.17, 15) is 24.4 Å². The summed E-state index contributed by atoms with van der Waals surface area (Å²) in [5.41, 5.74) is -0.590. The van der Waals surface area contributed by atoms with Gasteiger partial charge in [0.2, 0.25) is 0 Å². The minimum Gasteiger partial charge on any atom is -0.396 e. The lowest BCUT2D eigenvalue weighted by atomic mass is 9.85. The molecule has 2 saturated carbocycles. The molecular weight excluding hydrogens is 291 g/mol. The van der Waals surface area contributed by atoms with Crippen LogP contribution in [-0.4, -0.2) is 28.6 Å². The standard InChI is InChI=1S/C15H17FN2O4/c16-13-6-10(18(21)22)3-4-11(13)15(20)17-14-9-2-1-8(5-9)12(14)7-19/h3-4,6,8-9,12,14,19H,1-2,5,7H2,(H,17,20). The molecular formula is C15H17FN2O4. The predicted octanol–water partition coefficient (Wildman–Crippen LogP) is 1.87. The molecule has 0 radical (unpaired) electrons. The third-order valence-electron chi connectivity index (χ3n) is 5.01. The second-order valence-electron chi connectivity index (χ2n) is 6.10. The van der Waals surface area contributed by atoms with Gasteiger partial charge in [-0.15, -0.1) is 0 Å². The van der Waals surface area contributed by atoms with Crippen LogP contribution in [0.3, 0.4) is 0 Å². The van der Waals surface area contributed by atoms with E-state index in [4.69, 9.17) is 0 Å². The van der Waals surface area contributed by atoms with Gasteiger partial charge in [0, 0.05) is 24.6 Å². The van der Waals surface area contributed by atoms with E-state index in [1.54, 1.807) is 0 Å². The third kappa shape index (κ3) is 2.45. The lowest BCUT2D eigenvalue weighted by Crippen LogP contribution is -2.45. The molecule has 3 rings (SSSR count). The number of aliphatic hydroxyl groups is 1. The van der Waals surface area contributed by atoms with Crippen LogP contribution in [0.5, 0.6) is 0 Å². The molecule has 4 atom stereocenters. The van der Waals surface area contributed by atoms with Crippen LogP contribution in [0.15, 0.2) is 18.2 Å². The highest BCUT2D eigenvalue weighted by Crippen LogP contribution is 2.48. The van der Waals surface area contributed by atoms with Crippen LogP contribution in [0.4, 0.5) is 10.1 Å². The summed E-state index contributed by atoms with van der Waals surface area (Å²) in [6.45, 7) is 0.00879. The number of nitrogens with one attached hydrogen (secondary N) is 1. The maximum Gasteiger partial charge on any atom is 0.272 e. The molecule has 2 aliphatic carbocycles. The third-order valence-corrected chi connectivity index (χ3v) is 5.01. The van der Waals surface area contributed by atoms with E-state index >= 15 is 0 Å². The SMILES string of the molecule is O=C(NC1C2CCC(C2)C1CO)c1ccc([N+](=O)[O-])cc1F. The van der Waals surface area contributed by atoms with Crippen molar-refractivity contribution in [3.63, 3.8) is 0 Å². The molecule has 118 valence electrons. The van der Waals surface area contributed by atoms with E-state index in [0.717, 1.165) is 37.5 Å². The minimum absolute atomic E-state index is 0.00879. The van der Waals surface area contributed by atoms with E-state index < -0.39 is 16.6 Å². The number of rotatable bonds is 4. The Hall–Kier alpha value is -2.02. The Kier molecular flexibility index (Phi) is 3.82. The first-order chi connectivity index (χ1) is 10.5. The van der Waals surface area contributed by atoms with Crippen LogP contribution in [0.2, 0.25) is 0 Å². The average molecular weight is 308 g/mol. The van der Waals surface area contributed by atoms with Crippen molar-refractivity contribution in [1.82, 2.24) is 5.32 Å². The zero-order valence-corrected chi connectivity index (χ0v) is 11.9. The number of benzene rings is 1. The number of halogens is 1. The van der Waals surface area contributed by atoms with Crippen LogP contribution in [0.1, 0.15) is 29.6 Å². The fourth-order valence-electron chi connectivity index (χ4n) is 3.93. The molecule has 0 aromatic heterocycles. The molecule has 4 unspecified atom stereocenters. The Morgan fingerprint density at radius 3 is 2.77 bits per heavy atom. The molecule has 6 nitrogen and oxygen atoms in total. The minimum atomic E-state index is -0.907. The van der Waals surface area contributed by atoms with Gasteiger partial charge < -0.3 is 10.4 Å². The highest BCUT2D eigenvalue weighted by molar-refractivity contribution is 5.95. The number of hydrogen-bond acceptors (Lipinski definition) is 4. The fourth-order valence-corrected chi connectivity index (χ4v) is 3.93. The van der Waals surface area contributed by atoms with E-state index in [-0.39, 0.29) is 29.8 Å². The van der Waals surface area contributed by atoms with Crippen molar-refractivity contribution in [3.05, 3.63) is 39.7 Å². The summed E-state index contributed by atoms with van der Waals surface area (Å²) in [6, 6.07) is 2.84. The largest absolute Gasteiger partial charge is 0.396 e. The van der Waals surface area contributed by atoms with Crippen molar-refractivity contribution in [3.8, 4) is 0 Å². The first-order valence-corrected chi connectivity index (χ1v) is 7.37. The number of carbonyl (C=O) groups is 1. The van der Waals surface area contributed by atoms with Crippen molar-refractivity contribution >= 4 is 11.6 Å². The zero-order valence-electron chi connectivity index (χ0n) is 11.9. The molecule has 2 N–H and O–H groups in total. The Morgan fingerprint density at radius 2 is 2.14 bits per heavy atom. The molecule has 1 amide bonds. The summed E-state index contributed by atoms with van der Waals surface area (Å²) < 4.78 is 13.9. The van der Waals surface area contributed by atoms with Gasteiger partial charge in [0.15, 0.2) is 0 Å². The van der Waals surface area contributed by atoms with Gasteiger partial charge in [0.25, 0.3) is 11.6 Å². The summed E-state index contributed by atoms with van der Waals surface area (Å²) in [5, 5.41) is 22.9. The highest BCUT2D eigenvalue weighted by atomic mass is 19.1. The van der Waals surface area contributed by atoms with Crippen LogP contribution >= 0.6 is 0 Å². The van der Waals surface area contributed by atoms with E-state index in [1.165, 1.54) is 0 Å². The average Bonchev–Trinajstić information content (AvgIpc) is 3.07. The number of aliphatic hydroxyl groups excluding tert-OH is 1. The van der Waals surface area contributed by atoms with Crippen LogP contribution < -0.4 is 5.32 Å². The molecule has 2 fully saturated rings. The molecule has 2 bridgehead atoms. The maximum atomic E-state index is 13.9. The number of nitro benzene ring substituents is 1. The van der Waals surface area contributed by atoms with Gasteiger partial charge in [-0.1, -0.05) is 0 Å². The second kappa shape index (κ2) is 5.64. The van der Waals surface area contributed by atoms with Gasteiger partial charge in [-0.25, -0.2) is 4.39 Å². The summed E-state index contributed by atoms with van der Waals surface area (Å²) >= 11 is 0. The fraction of sp³-hybridized carbons (Fsp3) is 0.533. The first kappa shape index (κ1) is 14.9. The molecule has 7 heteroatoms. The summed E-state index contributed by atoms with van der Waals surface area (Å²) in [7, 11) is 0. The number of carbonyl (C=O) groups excluding carboxylic acids is 1. The first-order valence-electron chi connectivity index (χ1n) is 7.37. The predicted molar refractivity (Wildman–Crippen MR) is 75.7 cm³/mol. The van der Waals surface area contributed by atoms with E-state index in [2.05, 4.69) is 5.32 Å². The molecule has 1 aromatic rings. The Bertz CT molecular complexity index is 622. The smallest absolute Gasteiger partial charge is 0.272 e. The highest BCUT2D eigenvalue weighted by Gasteiger charge is 2.47. The molecule has 0 spiro atoms. The molecule has 2 aliphatic rings. The number of amides is 1. The Balaban J connectivity index is 1.76. The summed E-state index contributed by atoms with van der Waals surface area (Å²) in [4.78, 5) is 22.1. The maximum absolute atomic E-state index is 13.9. The van der Waals surface area contributed by atoms with Gasteiger partial charge >= 0.3 is 0 Å². The van der Waals surface area contributed by atoms with Crippen molar-refractivity contribution in [2.45, 2.75) is 25.3 Å². The van der Waals surface area contributed by atoms with Crippen LogP contribution in [0.25, 0.3) is 0 Å². The number of nitro groups is 1.